The van der Waals surface area contributed by atoms with Gasteiger partial charge in [0.1, 0.15) is 11.5 Å². The van der Waals surface area contributed by atoms with E-state index >= 15 is 0 Å². The first-order chi connectivity index (χ1) is 15.9. The van der Waals surface area contributed by atoms with Gasteiger partial charge in [0, 0.05) is 10.4 Å². The maximum absolute atomic E-state index is 13.9. The fourth-order valence-corrected chi connectivity index (χ4v) is 9.45. The molecule has 0 amide bonds. The smallest absolute Gasteiger partial charge is 0.504 e. The lowest BCUT2D eigenvalue weighted by Crippen LogP contribution is -2.68. The molecule has 0 aromatic heterocycles. The van der Waals surface area contributed by atoms with Crippen molar-refractivity contribution < 1.29 is 13.1 Å². The molecule has 166 valence electrons. The summed E-state index contributed by atoms with van der Waals surface area (Å²) in [5.41, 5.74) is 4.03. The van der Waals surface area contributed by atoms with Crippen LogP contribution in [0.15, 0.2) is 94.7 Å². The van der Waals surface area contributed by atoms with E-state index in [4.69, 9.17) is 8.85 Å². The first-order valence-corrected chi connectivity index (χ1v) is 14.0. The number of hydrogen-bond acceptors (Lipinski definition) is 3. The minimum Gasteiger partial charge on any atom is -0.504 e. The van der Waals surface area contributed by atoms with Gasteiger partial charge in [0.05, 0.1) is 20.6 Å². The molecule has 0 unspecified atom stereocenters. The van der Waals surface area contributed by atoms with E-state index < -0.39 is 19.4 Å². The van der Waals surface area contributed by atoms with Crippen molar-refractivity contribution in [2.75, 3.05) is 0 Å². The Morgan fingerprint density at radius 2 is 1.00 bits per heavy atom. The molecule has 0 saturated heterocycles. The van der Waals surface area contributed by atoms with Gasteiger partial charge in [-0.1, -0.05) is 72.8 Å². The van der Waals surface area contributed by atoms with Gasteiger partial charge >= 0.3 is 8.56 Å². The second-order valence-electron chi connectivity index (χ2n) is 8.64. The summed E-state index contributed by atoms with van der Waals surface area (Å²) in [6, 6.07) is 28.5. The van der Waals surface area contributed by atoms with Crippen molar-refractivity contribution in [1.29, 1.82) is 0 Å². The van der Waals surface area contributed by atoms with Crippen LogP contribution in [0.1, 0.15) is 22.3 Å². The Morgan fingerprint density at radius 1 is 0.606 bits per heavy atom. The van der Waals surface area contributed by atoms with E-state index in [0.29, 0.717) is 21.3 Å². The van der Waals surface area contributed by atoms with Gasteiger partial charge in [0.25, 0.3) is 0 Å². The number of benzene rings is 4. The lowest BCUT2D eigenvalue weighted by Gasteiger charge is -2.36. The Labute approximate surface area is 198 Å². The lowest BCUT2D eigenvalue weighted by atomic mass is 10.1. The van der Waals surface area contributed by atoms with Crippen LogP contribution in [0.5, 0.6) is 11.5 Å². The summed E-state index contributed by atoms with van der Waals surface area (Å²) in [7, 11) is -4.71. The third-order valence-corrected chi connectivity index (χ3v) is 10.5. The lowest BCUT2D eigenvalue weighted by molar-refractivity contribution is 0.398. The van der Waals surface area contributed by atoms with Crippen molar-refractivity contribution in [3.05, 3.63) is 107 Å². The molecule has 0 N–H and O–H groups in total. The maximum Gasteiger partial charge on any atom is 0.531 e. The minimum absolute atomic E-state index is 0.656. The van der Waals surface area contributed by atoms with E-state index in [0.717, 1.165) is 32.6 Å². The van der Waals surface area contributed by atoms with Gasteiger partial charge in [0.15, 0.2) is 0 Å². The van der Waals surface area contributed by atoms with Crippen molar-refractivity contribution in [2.24, 2.45) is 0 Å². The Hall–Kier alpha value is -3.15. The normalized spacial score (nSPS) is 14.8. The molecule has 5 rings (SSSR count). The highest BCUT2D eigenvalue weighted by atomic mass is 32.2. The van der Waals surface area contributed by atoms with Crippen LogP contribution in [0.4, 0.5) is 0 Å². The van der Waals surface area contributed by atoms with E-state index in [1.165, 1.54) is 0 Å². The molecular weight excluding hydrogens is 444 g/mol. The number of fused-ring (bicyclic) bond motifs is 2. The zero-order valence-corrected chi connectivity index (χ0v) is 21.0. The molecular formula is C28H26O3SSi. The van der Waals surface area contributed by atoms with Gasteiger partial charge in [-0.25, -0.2) is 4.21 Å². The van der Waals surface area contributed by atoms with Crippen LogP contribution in [0.25, 0.3) is 0 Å². The number of rotatable bonds is 2. The van der Waals surface area contributed by atoms with Gasteiger partial charge in [0.2, 0.25) is 0 Å². The Balaban J connectivity index is 1.91. The summed E-state index contributed by atoms with van der Waals surface area (Å²) in [5, 5.41) is 2.00. The second-order valence-corrected chi connectivity index (χ2v) is 12.9. The molecule has 0 spiro atoms. The van der Waals surface area contributed by atoms with Gasteiger partial charge < -0.3 is 8.85 Å². The molecule has 0 bridgehead atoms. The van der Waals surface area contributed by atoms with Crippen molar-refractivity contribution in [2.45, 2.75) is 37.5 Å². The van der Waals surface area contributed by atoms with E-state index in [1.54, 1.807) is 0 Å². The van der Waals surface area contributed by atoms with Crippen LogP contribution < -0.4 is 19.2 Å². The largest absolute Gasteiger partial charge is 0.531 e. The number of hydrogen-bond donors (Lipinski definition) is 0. The Bertz CT molecular complexity index is 1260. The minimum atomic E-state index is -3.28. The third kappa shape index (κ3) is 3.71. The Kier molecular flexibility index (Phi) is 5.47. The van der Waals surface area contributed by atoms with Crippen molar-refractivity contribution in [1.82, 2.24) is 0 Å². The molecule has 4 aromatic rings. The molecule has 5 heteroatoms. The average molecular weight is 471 g/mol. The van der Waals surface area contributed by atoms with Crippen LogP contribution in [0.3, 0.4) is 0 Å². The molecule has 1 aliphatic heterocycles. The molecule has 3 nitrogen and oxygen atoms in total. The van der Waals surface area contributed by atoms with Gasteiger partial charge in [-0.05, 0) is 62.1 Å². The van der Waals surface area contributed by atoms with Crippen molar-refractivity contribution in [3.63, 3.8) is 0 Å². The van der Waals surface area contributed by atoms with Crippen LogP contribution in [0, 0.1) is 27.7 Å². The standard InChI is InChI=1S/C28H26O3SSi/c1-19-15-21(3)27-25(17-19)32(29)26-18-20(2)16-22(4)28(26)31-33(30-27,23-11-7-5-8-12-23)24-13-9-6-10-14-24/h5-18H,1-4H3. The monoisotopic (exact) mass is 470 g/mol. The summed E-state index contributed by atoms with van der Waals surface area (Å²) in [5.74, 6) is 1.31. The number of aryl methyl sites for hydroxylation is 4. The van der Waals surface area contributed by atoms with E-state index in [9.17, 15) is 4.21 Å². The van der Waals surface area contributed by atoms with Crippen LogP contribution >= 0.6 is 0 Å². The SMILES string of the molecule is Cc1cc(C)c2c(c1)S(=O)c1cc(C)cc(C)c1O[Si](c1ccccc1)(c1ccccc1)O2. The molecule has 0 radical (unpaired) electrons. The molecule has 0 atom stereocenters. The highest BCUT2D eigenvalue weighted by Crippen LogP contribution is 2.40. The summed E-state index contributed by atoms with van der Waals surface area (Å²) in [6.45, 7) is 8.09. The maximum atomic E-state index is 13.9. The van der Waals surface area contributed by atoms with E-state index in [1.807, 2.05) is 76.2 Å². The molecule has 0 saturated carbocycles. The fourth-order valence-electron chi connectivity index (χ4n) is 4.51. The van der Waals surface area contributed by atoms with Crippen molar-refractivity contribution >= 4 is 29.7 Å². The molecule has 0 fully saturated rings. The summed E-state index contributed by atoms with van der Waals surface area (Å²) < 4.78 is 28.0. The average Bonchev–Trinajstić information content (AvgIpc) is 2.81. The first kappa shape index (κ1) is 21.7. The summed E-state index contributed by atoms with van der Waals surface area (Å²) in [6.07, 6.45) is 0. The highest BCUT2D eigenvalue weighted by Gasteiger charge is 2.50. The molecule has 1 aliphatic rings. The molecule has 33 heavy (non-hydrogen) atoms. The van der Waals surface area contributed by atoms with Crippen LogP contribution in [-0.4, -0.2) is 12.8 Å². The topological polar surface area (TPSA) is 35.5 Å². The summed E-state index contributed by atoms with van der Waals surface area (Å²) >= 11 is 0. The Morgan fingerprint density at radius 3 is 1.39 bits per heavy atom. The first-order valence-electron chi connectivity index (χ1n) is 11.0. The molecule has 0 aliphatic carbocycles. The van der Waals surface area contributed by atoms with Gasteiger partial charge in [-0.3, -0.25) is 0 Å². The predicted molar refractivity (Wildman–Crippen MR) is 136 cm³/mol. The molecule has 1 heterocycles. The predicted octanol–water partition coefficient (Wildman–Crippen LogP) is 5.11. The second kappa shape index (κ2) is 8.32. The van der Waals surface area contributed by atoms with Crippen LogP contribution in [-0.2, 0) is 10.8 Å². The highest BCUT2D eigenvalue weighted by molar-refractivity contribution is 7.85. The summed E-state index contributed by atoms with van der Waals surface area (Å²) in [4.78, 5) is 1.40. The fraction of sp³-hybridized carbons (Fsp3) is 0.143. The molecule has 4 aromatic carbocycles. The van der Waals surface area contributed by atoms with Gasteiger partial charge in [-0.2, -0.15) is 0 Å². The van der Waals surface area contributed by atoms with E-state index in [2.05, 4.69) is 36.4 Å². The quantitative estimate of drug-likeness (QED) is 0.382. The zero-order valence-electron chi connectivity index (χ0n) is 19.2. The van der Waals surface area contributed by atoms with Crippen LogP contribution in [0.2, 0.25) is 0 Å². The van der Waals surface area contributed by atoms with Crippen molar-refractivity contribution in [3.8, 4) is 11.5 Å². The van der Waals surface area contributed by atoms with E-state index in [-0.39, 0.29) is 0 Å². The zero-order chi connectivity index (χ0) is 23.2. The van der Waals surface area contributed by atoms with Gasteiger partial charge in [-0.15, -0.1) is 0 Å². The third-order valence-electron chi connectivity index (χ3n) is 5.97.